The molecule has 1 saturated heterocycles. The van der Waals surface area contributed by atoms with Crippen molar-refractivity contribution >= 4 is 5.91 Å². The van der Waals surface area contributed by atoms with Gasteiger partial charge in [0.1, 0.15) is 5.69 Å². The molecule has 1 aromatic heterocycles. The molecule has 5 heteroatoms. The van der Waals surface area contributed by atoms with E-state index in [1.807, 2.05) is 0 Å². The highest BCUT2D eigenvalue weighted by atomic mass is 16.1. The molecule has 0 aromatic carbocycles. The van der Waals surface area contributed by atoms with E-state index < -0.39 is 0 Å². The molecule has 15 heavy (non-hydrogen) atoms. The number of carbonyl (C=O) groups is 1. The van der Waals surface area contributed by atoms with Crippen molar-refractivity contribution < 1.29 is 4.79 Å². The third-order valence-electron chi connectivity index (χ3n) is 2.69. The van der Waals surface area contributed by atoms with E-state index >= 15 is 0 Å². The SMILES string of the molecule is O=C(NCC1CCCNC1)c1cnc[nH]1. The molecule has 0 radical (unpaired) electrons. The number of nitrogens with zero attached hydrogens (tertiary/aromatic N) is 1. The van der Waals surface area contributed by atoms with E-state index in [-0.39, 0.29) is 5.91 Å². The third-order valence-corrected chi connectivity index (χ3v) is 2.69. The summed E-state index contributed by atoms with van der Waals surface area (Å²) in [4.78, 5) is 18.1. The van der Waals surface area contributed by atoms with Crippen molar-refractivity contribution in [2.75, 3.05) is 19.6 Å². The molecule has 1 amide bonds. The Labute approximate surface area is 88.7 Å². The highest BCUT2D eigenvalue weighted by Crippen LogP contribution is 2.08. The summed E-state index contributed by atoms with van der Waals surface area (Å²) in [6.45, 7) is 2.85. The van der Waals surface area contributed by atoms with E-state index in [1.165, 1.54) is 25.4 Å². The Balaban J connectivity index is 1.75. The van der Waals surface area contributed by atoms with Crippen molar-refractivity contribution in [2.24, 2.45) is 5.92 Å². The number of imidazole rings is 1. The first-order chi connectivity index (χ1) is 7.36. The van der Waals surface area contributed by atoms with E-state index in [0.29, 0.717) is 11.6 Å². The summed E-state index contributed by atoms with van der Waals surface area (Å²) in [7, 11) is 0. The number of piperidine rings is 1. The summed E-state index contributed by atoms with van der Waals surface area (Å²) in [6.07, 6.45) is 5.44. The number of carbonyl (C=O) groups excluding carboxylic acids is 1. The maximum absolute atomic E-state index is 11.5. The number of hydrogen-bond donors (Lipinski definition) is 3. The van der Waals surface area contributed by atoms with Gasteiger partial charge < -0.3 is 15.6 Å². The zero-order valence-corrected chi connectivity index (χ0v) is 8.62. The lowest BCUT2D eigenvalue weighted by atomic mass is 10.00. The Kier molecular flexibility index (Phi) is 3.34. The zero-order chi connectivity index (χ0) is 10.5. The van der Waals surface area contributed by atoms with Gasteiger partial charge in [0.15, 0.2) is 0 Å². The Bertz CT molecular complexity index is 303. The molecule has 0 aliphatic carbocycles. The highest BCUT2D eigenvalue weighted by Gasteiger charge is 2.14. The minimum atomic E-state index is -0.0712. The van der Waals surface area contributed by atoms with Crippen molar-refractivity contribution in [3.63, 3.8) is 0 Å². The predicted molar refractivity (Wildman–Crippen MR) is 56.5 cm³/mol. The van der Waals surface area contributed by atoms with E-state index in [1.54, 1.807) is 0 Å². The Morgan fingerprint density at radius 2 is 2.60 bits per heavy atom. The molecule has 3 N–H and O–H groups in total. The van der Waals surface area contributed by atoms with E-state index in [2.05, 4.69) is 20.6 Å². The summed E-state index contributed by atoms with van der Waals surface area (Å²) >= 11 is 0. The Morgan fingerprint density at radius 1 is 1.67 bits per heavy atom. The summed E-state index contributed by atoms with van der Waals surface area (Å²) in [6, 6.07) is 0. The topological polar surface area (TPSA) is 69.8 Å². The average Bonchev–Trinajstić information content (AvgIpc) is 2.81. The van der Waals surface area contributed by atoms with Crippen LogP contribution in [0.1, 0.15) is 23.3 Å². The van der Waals surface area contributed by atoms with Crippen LogP contribution in [-0.2, 0) is 0 Å². The van der Waals surface area contributed by atoms with Gasteiger partial charge in [-0.15, -0.1) is 0 Å². The maximum Gasteiger partial charge on any atom is 0.269 e. The number of rotatable bonds is 3. The van der Waals surface area contributed by atoms with Crippen LogP contribution in [0.15, 0.2) is 12.5 Å². The normalized spacial score (nSPS) is 21.2. The molecule has 1 atom stereocenters. The van der Waals surface area contributed by atoms with Gasteiger partial charge in [-0.05, 0) is 31.8 Å². The van der Waals surface area contributed by atoms with Crippen LogP contribution in [0, 0.1) is 5.92 Å². The Morgan fingerprint density at radius 3 is 3.27 bits per heavy atom. The van der Waals surface area contributed by atoms with Gasteiger partial charge in [-0.2, -0.15) is 0 Å². The monoisotopic (exact) mass is 208 g/mol. The lowest BCUT2D eigenvalue weighted by Crippen LogP contribution is -2.38. The van der Waals surface area contributed by atoms with Crippen LogP contribution in [0.25, 0.3) is 0 Å². The minimum Gasteiger partial charge on any atom is -0.350 e. The molecule has 5 nitrogen and oxygen atoms in total. The lowest BCUT2D eigenvalue weighted by Gasteiger charge is -2.22. The van der Waals surface area contributed by atoms with Gasteiger partial charge >= 0.3 is 0 Å². The van der Waals surface area contributed by atoms with Crippen molar-refractivity contribution in [1.29, 1.82) is 0 Å². The standard InChI is InChI=1S/C10H16N4O/c15-10(9-6-12-7-14-9)13-5-8-2-1-3-11-4-8/h6-8,11H,1-5H2,(H,12,14)(H,13,15). The van der Waals surface area contributed by atoms with Crippen LogP contribution in [0.2, 0.25) is 0 Å². The molecule has 1 aliphatic heterocycles. The maximum atomic E-state index is 11.5. The van der Waals surface area contributed by atoms with Crippen molar-refractivity contribution in [2.45, 2.75) is 12.8 Å². The van der Waals surface area contributed by atoms with Crippen LogP contribution in [0.3, 0.4) is 0 Å². The molecule has 0 bridgehead atoms. The van der Waals surface area contributed by atoms with E-state index in [4.69, 9.17) is 0 Å². The molecular weight excluding hydrogens is 192 g/mol. The zero-order valence-electron chi connectivity index (χ0n) is 8.62. The summed E-state index contributed by atoms with van der Waals surface area (Å²) in [5.41, 5.74) is 0.527. The van der Waals surface area contributed by atoms with Gasteiger partial charge in [-0.1, -0.05) is 0 Å². The molecule has 0 saturated carbocycles. The first kappa shape index (κ1) is 10.2. The fraction of sp³-hybridized carbons (Fsp3) is 0.600. The molecule has 1 fully saturated rings. The fourth-order valence-electron chi connectivity index (χ4n) is 1.81. The summed E-state index contributed by atoms with van der Waals surface area (Å²) in [5.74, 6) is 0.490. The number of H-pyrrole nitrogens is 1. The van der Waals surface area contributed by atoms with Crippen molar-refractivity contribution in [3.05, 3.63) is 18.2 Å². The van der Waals surface area contributed by atoms with Crippen LogP contribution in [-0.4, -0.2) is 35.5 Å². The highest BCUT2D eigenvalue weighted by molar-refractivity contribution is 5.91. The van der Waals surface area contributed by atoms with Crippen LogP contribution >= 0.6 is 0 Å². The quantitative estimate of drug-likeness (QED) is 0.661. The van der Waals surface area contributed by atoms with Gasteiger partial charge in [0.25, 0.3) is 5.91 Å². The number of hydrogen-bond acceptors (Lipinski definition) is 3. The third kappa shape index (κ3) is 2.79. The predicted octanol–water partition coefficient (Wildman–Crippen LogP) is 0.139. The number of aromatic nitrogens is 2. The first-order valence-corrected chi connectivity index (χ1v) is 5.33. The van der Waals surface area contributed by atoms with E-state index in [0.717, 1.165) is 19.6 Å². The van der Waals surface area contributed by atoms with Crippen LogP contribution in [0.4, 0.5) is 0 Å². The van der Waals surface area contributed by atoms with Gasteiger partial charge in [0.2, 0.25) is 0 Å². The van der Waals surface area contributed by atoms with Gasteiger partial charge in [-0.3, -0.25) is 4.79 Å². The second kappa shape index (κ2) is 4.93. The number of nitrogens with one attached hydrogen (secondary N) is 3. The molecule has 1 unspecified atom stereocenters. The number of amides is 1. The summed E-state index contributed by atoms with van der Waals surface area (Å²) < 4.78 is 0. The van der Waals surface area contributed by atoms with Gasteiger partial charge in [-0.25, -0.2) is 4.98 Å². The second-order valence-electron chi connectivity index (χ2n) is 3.89. The van der Waals surface area contributed by atoms with Gasteiger partial charge in [0, 0.05) is 6.54 Å². The lowest BCUT2D eigenvalue weighted by molar-refractivity contribution is 0.0940. The smallest absolute Gasteiger partial charge is 0.269 e. The average molecular weight is 208 g/mol. The summed E-state index contributed by atoms with van der Waals surface area (Å²) in [5, 5.41) is 6.23. The molecule has 2 heterocycles. The Hall–Kier alpha value is -1.36. The molecule has 0 spiro atoms. The molecule has 82 valence electrons. The molecule has 1 aromatic rings. The molecular formula is C10H16N4O. The van der Waals surface area contributed by atoms with Crippen LogP contribution in [0.5, 0.6) is 0 Å². The largest absolute Gasteiger partial charge is 0.350 e. The minimum absolute atomic E-state index is 0.0712. The van der Waals surface area contributed by atoms with Gasteiger partial charge in [0.05, 0.1) is 12.5 Å². The molecule has 2 rings (SSSR count). The van der Waals surface area contributed by atoms with E-state index in [9.17, 15) is 4.79 Å². The van der Waals surface area contributed by atoms with Crippen molar-refractivity contribution in [1.82, 2.24) is 20.6 Å². The first-order valence-electron chi connectivity index (χ1n) is 5.33. The number of aromatic amines is 1. The van der Waals surface area contributed by atoms with Crippen LogP contribution < -0.4 is 10.6 Å². The second-order valence-corrected chi connectivity index (χ2v) is 3.89. The van der Waals surface area contributed by atoms with Crippen molar-refractivity contribution in [3.8, 4) is 0 Å². The molecule has 1 aliphatic rings. The fourth-order valence-corrected chi connectivity index (χ4v) is 1.81.